The first-order valence-electron chi connectivity index (χ1n) is 8.60. The molecule has 2 aliphatic carbocycles. The number of primary amides is 1. The van der Waals surface area contributed by atoms with Gasteiger partial charge in [-0.25, -0.2) is 0 Å². The number of nitrogens with two attached hydrogens (primary N) is 1. The second kappa shape index (κ2) is 7.07. The molecule has 0 spiro atoms. The minimum Gasteiger partial charge on any atom is -0.379 e. The van der Waals surface area contributed by atoms with Crippen LogP contribution in [0.1, 0.15) is 44.9 Å². The van der Waals surface area contributed by atoms with Crippen molar-refractivity contribution in [2.24, 2.45) is 17.6 Å². The van der Waals surface area contributed by atoms with Crippen molar-refractivity contribution >= 4 is 5.91 Å². The van der Waals surface area contributed by atoms with Crippen LogP contribution >= 0.6 is 0 Å². The Hall–Kier alpha value is -0.650. The molecule has 0 radical (unpaired) electrons. The molecule has 3 aliphatic rings. The van der Waals surface area contributed by atoms with E-state index in [9.17, 15) is 4.79 Å². The lowest BCUT2D eigenvalue weighted by Gasteiger charge is -2.36. The number of carbonyl (C=O) groups excluding carboxylic acids is 1. The van der Waals surface area contributed by atoms with Gasteiger partial charge in [-0.05, 0) is 44.4 Å². The lowest BCUT2D eigenvalue weighted by Crippen LogP contribution is -2.52. The van der Waals surface area contributed by atoms with Crippen LogP contribution in [-0.4, -0.2) is 43.8 Å². The summed E-state index contributed by atoms with van der Waals surface area (Å²) in [4.78, 5) is 11.2. The number of ether oxygens (including phenoxy) is 1. The van der Waals surface area contributed by atoms with Gasteiger partial charge >= 0.3 is 0 Å². The molecular weight excluding hydrogens is 266 g/mol. The number of carbonyl (C=O) groups is 1. The van der Waals surface area contributed by atoms with Gasteiger partial charge in [0.2, 0.25) is 5.91 Å². The van der Waals surface area contributed by atoms with E-state index in [4.69, 9.17) is 10.5 Å². The fourth-order valence-electron chi connectivity index (χ4n) is 4.39. The van der Waals surface area contributed by atoms with Crippen molar-refractivity contribution in [2.75, 3.05) is 19.8 Å². The van der Waals surface area contributed by atoms with Gasteiger partial charge in [-0.1, -0.05) is 6.42 Å². The summed E-state index contributed by atoms with van der Waals surface area (Å²) in [7, 11) is 0. The number of amides is 1. The van der Waals surface area contributed by atoms with Crippen LogP contribution in [0.4, 0.5) is 0 Å². The molecule has 0 aromatic carbocycles. The molecular formula is C16H29N3O2. The highest BCUT2D eigenvalue weighted by molar-refractivity contribution is 5.76. The first kappa shape index (κ1) is 15.3. The Kier molecular flexibility index (Phi) is 5.14. The molecule has 3 rings (SSSR count). The lowest BCUT2D eigenvalue weighted by atomic mass is 9.84. The van der Waals surface area contributed by atoms with Gasteiger partial charge in [0.15, 0.2) is 0 Å². The maximum absolute atomic E-state index is 11.2. The Morgan fingerprint density at radius 2 is 1.95 bits per heavy atom. The topological polar surface area (TPSA) is 76.4 Å². The van der Waals surface area contributed by atoms with Gasteiger partial charge in [0, 0.05) is 30.6 Å². The zero-order valence-electron chi connectivity index (χ0n) is 12.9. The molecule has 4 N–H and O–H groups in total. The molecule has 21 heavy (non-hydrogen) atoms. The van der Waals surface area contributed by atoms with Gasteiger partial charge in [-0.15, -0.1) is 0 Å². The predicted octanol–water partition coefficient (Wildman–Crippen LogP) is 0.777. The lowest BCUT2D eigenvalue weighted by molar-refractivity contribution is -0.122. The van der Waals surface area contributed by atoms with Crippen molar-refractivity contribution in [1.82, 2.24) is 10.6 Å². The van der Waals surface area contributed by atoms with E-state index in [0.717, 1.165) is 45.4 Å². The van der Waals surface area contributed by atoms with Crippen LogP contribution in [0.25, 0.3) is 0 Å². The Balaban J connectivity index is 1.49. The average Bonchev–Trinajstić information content (AvgIpc) is 2.97. The highest BCUT2D eigenvalue weighted by Gasteiger charge is 2.36. The van der Waals surface area contributed by atoms with E-state index in [1.165, 1.54) is 19.3 Å². The predicted molar refractivity (Wildman–Crippen MR) is 81.8 cm³/mol. The van der Waals surface area contributed by atoms with Crippen LogP contribution in [0, 0.1) is 11.8 Å². The van der Waals surface area contributed by atoms with Crippen molar-refractivity contribution in [3.8, 4) is 0 Å². The van der Waals surface area contributed by atoms with Crippen molar-refractivity contribution < 1.29 is 9.53 Å². The third kappa shape index (κ3) is 3.76. The molecule has 0 aromatic heterocycles. The quantitative estimate of drug-likeness (QED) is 0.716. The van der Waals surface area contributed by atoms with E-state index in [0.29, 0.717) is 24.0 Å². The smallest absolute Gasteiger partial charge is 0.220 e. The summed E-state index contributed by atoms with van der Waals surface area (Å²) >= 11 is 0. The summed E-state index contributed by atoms with van der Waals surface area (Å²) in [6, 6.07) is 1.69. The second-order valence-corrected chi connectivity index (χ2v) is 6.95. The highest BCUT2D eigenvalue weighted by atomic mass is 16.5. The van der Waals surface area contributed by atoms with Gasteiger partial charge in [-0.2, -0.15) is 0 Å². The van der Waals surface area contributed by atoms with Crippen molar-refractivity contribution in [3.05, 3.63) is 0 Å². The van der Waals surface area contributed by atoms with Gasteiger partial charge in [0.1, 0.15) is 0 Å². The Bertz CT molecular complexity index is 349. The molecule has 5 heteroatoms. The van der Waals surface area contributed by atoms with Crippen molar-refractivity contribution in [2.45, 2.75) is 63.1 Å². The van der Waals surface area contributed by atoms with Crippen LogP contribution in [-0.2, 0) is 9.53 Å². The molecule has 1 aliphatic heterocycles. The third-order valence-corrected chi connectivity index (χ3v) is 5.62. The molecule has 3 atom stereocenters. The first-order chi connectivity index (χ1) is 10.2. The molecule has 1 heterocycles. The molecule has 1 saturated heterocycles. The second-order valence-electron chi connectivity index (χ2n) is 6.95. The van der Waals surface area contributed by atoms with Gasteiger partial charge in [-0.3, -0.25) is 4.79 Å². The standard InChI is InChI=1S/C16H29N3O2/c17-16(20)11-4-6-12(7-5-11)19-14-3-1-2-13(14)15-10-21-9-8-18-15/h11-15,18-19H,1-10H2,(H2,17,20). The Morgan fingerprint density at radius 3 is 2.62 bits per heavy atom. The van der Waals surface area contributed by atoms with Crippen LogP contribution in [0.5, 0.6) is 0 Å². The van der Waals surface area contributed by atoms with Crippen LogP contribution in [0.3, 0.4) is 0 Å². The van der Waals surface area contributed by atoms with Crippen LogP contribution in [0.15, 0.2) is 0 Å². The summed E-state index contributed by atoms with van der Waals surface area (Å²) in [6.07, 6.45) is 7.98. The van der Waals surface area contributed by atoms with E-state index in [2.05, 4.69) is 10.6 Å². The zero-order chi connectivity index (χ0) is 14.7. The fraction of sp³-hybridized carbons (Fsp3) is 0.938. The molecule has 0 bridgehead atoms. The minimum absolute atomic E-state index is 0.107. The number of nitrogens with one attached hydrogen (secondary N) is 2. The van der Waals surface area contributed by atoms with Crippen molar-refractivity contribution in [1.29, 1.82) is 0 Å². The fourth-order valence-corrected chi connectivity index (χ4v) is 4.39. The Labute approximate surface area is 127 Å². The Morgan fingerprint density at radius 1 is 1.14 bits per heavy atom. The zero-order valence-corrected chi connectivity index (χ0v) is 12.9. The van der Waals surface area contributed by atoms with Gasteiger partial charge in [0.25, 0.3) is 0 Å². The number of hydrogen-bond acceptors (Lipinski definition) is 4. The molecule has 3 unspecified atom stereocenters. The van der Waals surface area contributed by atoms with Crippen LogP contribution in [0.2, 0.25) is 0 Å². The number of morpholine rings is 1. The van der Waals surface area contributed by atoms with E-state index >= 15 is 0 Å². The number of rotatable bonds is 4. The monoisotopic (exact) mass is 295 g/mol. The molecule has 1 amide bonds. The molecule has 5 nitrogen and oxygen atoms in total. The third-order valence-electron chi connectivity index (χ3n) is 5.62. The highest BCUT2D eigenvalue weighted by Crippen LogP contribution is 2.32. The molecule has 3 fully saturated rings. The SMILES string of the molecule is NC(=O)C1CCC(NC2CCCC2C2COCCN2)CC1. The summed E-state index contributed by atoms with van der Waals surface area (Å²) < 4.78 is 5.63. The largest absolute Gasteiger partial charge is 0.379 e. The summed E-state index contributed by atoms with van der Waals surface area (Å²) in [5.41, 5.74) is 5.41. The van der Waals surface area contributed by atoms with Gasteiger partial charge < -0.3 is 21.1 Å². The van der Waals surface area contributed by atoms with Crippen LogP contribution < -0.4 is 16.4 Å². The van der Waals surface area contributed by atoms with E-state index in [1.54, 1.807) is 0 Å². The van der Waals surface area contributed by atoms with E-state index in [1.807, 2.05) is 0 Å². The maximum atomic E-state index is 11.2. The molecule has 2 saturated carbocycles. The number of hydrogen-bond donors (Lipinski definition) is 3. The van der Waals surface area contributed by atoms with E-state index < -0.39 is 0 Å². The van der Waals surface area contributed by atoms with Gasteiger partial charge in [0.05, 0.1) is 13.2 Å². The molecule has 0 aromatic rings. The maximum Gasteiger partial charge on any atom is 0.220 e. The summed E-state index contributed by atoms with van der Waals surface area (Å²) in [6.45, 7) is 2.69. The molecule has 120 valence electrons. The minimum atomic E-state index is -0.115. The van der Waals surface area contributed by atoms with E-state index in [-0.39, 0.29) is 11.8 Å². The summed E-state index contributed by atoms with van der Waals surface area (Å²) in [5, 5.41) is 7.50. The normalized spacial score (nSPS) is 41.0. The first-order valence-corrected chi connectivity index (χ1v) is 8.60. The summed E-state index contributed by atoms with van der Waals surface area (Å²) in [5.74, 6) is 0.686. The average molecular weight is 295 g/mol. The van der Waals surface area contributed by atoms with Crippen molar-refractivity contribution in [3.63, 3.8) is 0 Å².